The monoisotopic (exact) mass is 230 g/mol. The van der Waals surface area contributed by atoms with Gasteiger partial charge in [0.2, 0.25) is 0 Å². The molecular weight excluding hydrogens is 200 g/mol. The molecule has 0 fully saturated rings. The highest BCUT2D eigenvalue weighted by Gasteiger charge is 2.20. The second-order valence-electron chi connectivity index (χ2n) is 7.04. The van der Waals surface area contributed by atoms with E-state index >= 15 is 0 Å². The minimum atomic E-state index is 0.354. The topological polar surface area (TPSA) is 0 Å². The predicted octanol–water partition coefficient (Wildman–Crippen LogP) is 5.33. The zero-order valence-corrected chi connectivity index (χ0v) is 12.5. The Hall–Kier alpha value is 0.350. The van der Waals surface area contributed by atoms with E-state index in [0.29, 0.717) is 16.1 Å². The first kappa shape index (κ1) is 15.3. The summed E-state index contributed by atoms with van der Waals surface area (Å²) >= 11 is 4.67. The molecule has 0 amide bonds. The molecule has 0 N–H and O–H groups in total. The van der Waals surface area contributed by atoms with Crippen LogP contribution in [0, 0.1) is 10.8 Å². The molecule has 0 saturated heterocycles. The maximum absolute atomic E-state index is 4.67. The Labute approximate surface area is 103 Å². The lowest BCUT2D eigenvalue weighted by molar-refractivity contribution is 0.344. The Morgan fingerprint density at radius 2 is 1.40 bits per heavy atom. The fourth-order valence-corrected chi connectivity index (χ4v) is 1.79. The number of unbranched alkanes of at least 4 members (excludes halogenated alkanes) is 2. The molecule has 0 aliphatic rings. The van der Waals surface area contributed by atoms with Gasteiger partial charge >= 0.3 is 0 Å². The summed E-state index contributed by atoms with van der Waals surface area (Å²) in [4.78, 5) is 0. The maximum Gasteiger partial charge on any atom is 0.00653 e. The van der Waals surface area contributed by atoms with E-state index in [0.717, 1.165) is 0 Å². The van der Waals surface area contributed by atoms with E-state index in [9.17, 15) is 0 Å². The second kappa shape index (κ2) is 6.18. The van der Waals surface area contributed by atoms with Crippen molar-refractivity contribution in [2.24, 2.45) is 10.8 Å². The van der Waals surface area contributed by atoms with Gasteiger partial charge in [-0.1, -0.05) is 60.8 Å². The highest BCUT2D eigenvalue weighted by molar-refractivity contribution is 7.81. The van der Waals surface area contributed by atoms with Crippen molar-refractivity contribution >= 4 is 12.6 Å². The summed E-state index contributed by atoms with van der Waals surface area (Å²) < 4.78 is 0. The summed E-state index contributed by atoms with van der Waals surface area (Å²) in [6, 6.07) is 0. The fraction of sp³-hybridized carbons (Fsp3) is 1.00. The van der Waals surface area contributed by atoms with Gasteiger partial charge < -0.3 is 0 Å². The molecule has 0 bridgehead atoms. The van der Waals surface area contributed by atoms with Crippen LogP contribution in [-0.4, -0.2) is 5.25 Å². The minimum Gasteiger partial charge on any atom is -0.175 e. The van der Waals surface area contributed by atoms with Gasteiger partial charge in [-0.15, -0.1) is 0 Å². The van der Waals surface area contributed by atoms with Crippen LogP contribution in [0.2, 0.25) is 0 Å². The molecule has 0 aromatic heterocycles. The summed E-state index contributed by atoms with van der Waals surface area (Å²) in [6.07, 6.45) is 6.68. The zero-order valence-electron chi connectivity index (χ0n) is 11.6. The molecule has 0 rings (SSSR count). The molecule has 0 aromatic rings. The maximum atomic E-state index is 4.67. The lowest BCUT2D eigenvalue weighted by Crippen LogP contribution is -2.20. The molecule has 0 aliphatic carbocycles. The highest BCUT2D eigenvalue weighted by atomic mass is 32.1. The minimum absolute atomic E-state index is 0.354. The fourth-order valence-electron chi connectivity index (χ4n) is 1.60. The van der Waals surface area contributed by atoms with Gasteiger partial charge in [-0.3, -0.25) is 0 Å². The molecule has 0 aromatic carbocycles. The van der Waals surface area contributed by atoms with Crippen molar-refractivity contribution < 1.29 is 0 Å². The van der Waals surface area contributed by atoms with Gasteiger partial charge in [0.15, 0.2) is 0 Å². The molecule has 0 spiro atoms. The van der Waals surface area contributed by atoms with Crippen molar-refractivity contribution in [2.75, 3.05) is 0 Å². The molecule has 0 radical (unpaired) electrons. The van der Waals surface area contributed by atoms with Crippen molar-refractivity contribution in [3.8, 4) is 0 Å². The molecule has 0 nitrogen and oxygen atoms in total. The third-order valence-corrected chi connectivity index (χ3v) is 3.94. The molecule has 0 saturated carbocycles. The Kier molecular flexibility index (Phi) is 6.32. The molecule has 92 valence electrons. The van der Waals surface area contributed by atoms with Crippen molar-refractivity contribution in [1.82, 2.24) is 0 Å². The van der Waals surface area contributed by atoms with Crippen LogP contribution in [0.15, 0.2) is 0 Å². The van der Waals surface area contributed by atoms with Crippen LogP contribution in [0.1, 0.15) is 73.6 Å². The van der Waals surface area contributed by atoms with Crippen LogP contribution in [0.3, 0.4) is 0 Å². The van der Waals surface area contributed by atoms with Crippen LogP contribution in [-0.2, 0) is 0 Å². The summed E-state index contributed by atoms with van der Waals surface area (Å²) in [5.74, 6) is 0. The summed E-state index contributed by atoms with van der Waals surface area (Å²) in [5, 5.41) is 0.548. The third-order valence-electron chi connectivity index (χ3n) is 2.90. The lowest BCUT2D eigenvalue weighted by atomic mass is 9.87. The van der Waals surface area contributed by atoms with Crippen molar-refractivity contribution in [3.63, 3.8) is 0 Å². The normalized spacial score (nSPS) is 15.4. The van der Waals surface area contributed by atoms with Gasteiger partial charge in [0.05, 0.1) is 0 Å². The van der Waals surface area contributed by atoms with Gasteiger partial charge in [-0.2, -0.15) is 12.6 Å². The largest absolute Gasteiger partial charge is 0.175 e. The van der Waals surface area contributed by atoms with E-state index in [1.165, 1.54) is 32.1 Å². The third kappa shape index (κ3) is 9.29. The van der Waals surface area contributed by atoms with Gasteiger partial charge in [0.1, 0.15) is 0 Å². The summed E-state index contributed by atoms with van der Waals surface area (Å²) in [5.41, 5.74) is 0.859. The van der Waals surface area contributed by atoms with Gasteiger partial charge in [0, 0.05) is 5.25 Å². The summed E-state index contributed by atoms with van der Waals surface area (Å²) in [7, 11) is 0. The molecule has 0 aliphatic heterocycles. The predicted molar refractivity (Wildman–Crippen MR) is 74.8 cm³/mol. The van der Waals surface area contributed by atoms with Crippen molar-refractivity contribution in [3.05, 3.63) is 0 Å². The first-order valence-corrected chi connectivity index (χ1v) is 6.83. The standard InChI is InChI=1S/C14H30S/c1-13(2,3)11-9-7-8-10-12(15)14(4,5)6/h12,15H,7-11H2,1-6H3. The number of hydrogen-bond donors (Lipinski definition) is 1. The zero-order chi connectivity index (χ0) is 12.1. The molecule has 1 atom stereocenters. The lowest BCUT2D eigenvalue weighted by Gasteiger charge is -2.26. The molecule has 1 unspecified atom stereocenters. The number of hydrogen-bond acceptors (Lipinski definition) is 1. The smallest absolute Gasteiger partial charge is 0.00653 e. The van der Waals surface area contributed by atoms with Gasteiger partial charge in [-0.05, 0) is 23.7 Å². The Balaban J connectivity index is 3.48. The average molecular weight is 230 g/mol. The van der Waals surface area contributed by atoms with E-state index in [4.69, 9.17) is 0 Å². The SMILES string of the molecule is CC(C)(C)CCCCCC(S)C(C)(C)C. The van der Waals surface area contributed by atoms with Crippen LogP contribution in [0.25, 0.3) is 0 Å². The molecule has 0 heterocycles. The van der Waals surface area contributed by atoms with Crippen molar-refractivity contribution in [2.45, 2.75) is 78.9 Å². The van der Waals surface area contributed by atoms with E-state index in [-0.39, 0.29) is 0 Å². The Bertz CT molecular complexity index is 159. The first-order chi connectivity index (χ1) is 6.63. The van der Waals surface area contributed by atoms with Gasteiger partial charge in [-0.25, -0.2) is 0 Å². The average Bonchev–Trinajstić information content (AvgIpc) is 1.99. The Morgan fingerprint density at radius 1 is 0.867 bits per heavy atom. The number of rotatable bonds is 5. The first-order valence-electron chi connectivity index (χ1n) is 6.31. The molecular formula is C14H30S. The van der Waals surface area contributed by atoms with Gasteiger partial charge in [0.25, 0.3) is 0 Å². The van der Waals surface area contributed by atoms with Crippen LogP contribution in [0.5, 0.6) is 0 Å². The van der Waals surface area contributed by atoms with E-state index in [1.807, 2.05) is 0 Å². The Morgan fingerprint density at radius 3 is 1.80 bits per heavy atom. The molecule has 1 heteroatoms. The van der Waals surface area contributed by atoms with Crippen LogP contribution >= 0.6 is 12.6 Å². The van der Waals surface area contributed by atoms with Crippen LogP contribution in [0.4, 0.5) is 0 Å². The second-order valence-corrected chi connectivity index (χ2v) is 7.67. The number of thiol groups is 1. The van der Waals surface area contributed by atoms with E-state index in [2.05, 4.69) is 54.2 Å². The van der Waals surface area contributed by atoms with E-state index in [1.54, 1.807) is 0 Å². The van der Waals surface area contributed by atoms with Crippen LogP contribution < -0.4 is 0 Å². The van der Waals surface area contributed by atoms with E-state index < -0.39 is 0 Å². The molecule has 15 heavy (non-hydrogen) atoms. The highest BCUT2D eigenvalue weighted by Crippen LogP contribution is 2.29. The summed E-state index contributed by atoms with van der Waals surface area (Å²) in [6.45, 7) is 13.8. The quantitative estimate of drug-likeness (QED) is 0.479. The van der Waals surface area contributed by atoms with Crippen molar-refractivity contribution in [1.29, 1.82) is 0 Å².